The molecular formula is C17H21N3O3. The van der Waals surface area contributed by atoms with Crippen molar-refractivity contribution in [2.24, 2.45) is 5.92 Å². The van der Waals surface area contributed by atoms with E-state index in [1.807, 2.05) is 25.1 Å². The van der Waals surface area contributed by atoms with Gasteiger partial charge in [0.2, 0.25) is 5.76 Å². The predicted octanol–water partition coefficient (Wildman–Crippen LogP) is 2.18. The highest BCUT2D eigenvalue weighted by Gasteiger charge is 2.37. The Balaban J connectivity index is 1.80. The van der Waals surface area contributed by atoms with Crippen molar-refractivity contribution in [3.8, 4) is 0 Å². The minimum absolute atomic E-state index is 0.178. The quantitative estimate of drug-likeness (QED) is 0.883. The Bertz CT molecular complexity index is 678. The van der Waals surface area contributed by atoms with Gasteiger partial charge in [0.25, 0.3) is 5.91 Å². The molecule has 2 aromatic rings. The highest BCUT2D eigenvalue weighted by molar-refractivity contribution is 5.92. The topological polar surface area (TPSA) is 88.2 Å². The van der Waals surface area contributed by atoms with Crippen molar-refractivity contribution in [3.63, 3.8) is 0 Å². The van der Waals surface area contributed by atoms with Crippen LogP contribution in [0.3, 0.4) is 0 Å². The second kappa shape index (κ2) is 6.50. The van der Waals surface area contributed by atoms with Crippen LogP contribution < -0.4 is 5.32 Å². The standard InChI is InChI=1S/C17H21N3O3/c1-3-14-19-10(2)16(23-14)17(22)20-15(11-8-12(21)9-11)13-6-4-5-7-18-13/h4-7,11-12,15,21H,3,8-9H2,1-2H3,(H,20,22). The van der Waals surface area contributed by atoms with Crippen molar-refractivity contribution in [2.75, 3.05) is 0 Å². The largest absolute Gasteiger partial charge is 0.435 e. The number of hydrogen-bond donors (Lipinski definition) is 2. The van der Waals surface area contributed by atoms with Crippen LogP contribution in [0.4, 0.5) is 0 Å². The summed E-state index contributed by atoms with van der Waals surface area (Å²) in [6.07, 6.45) is 3.39. The molecule has 0 radical (unpaired) electrons. The number of carbonyl (C=O) groups excluding carboxylic acids is 1. The molecule has 0 aliphatic heterocycles. The predicted molar refractivity (Wildman–Crippen MR) is 83.8 cm³/mol. The van der Waals surface area contributed by atoms with E-state index in [0.29, 0.717) is 30.8 Å². The van der Waals surface area contributed by atoms with Gasteiger partial charge in [-0.2, -0.15) is 0 Å². The first-order chi connectivity index (χ1) is 11.1. The third-order valence-corrected chi connectivity index (χ3v) is 4.26. The van der Waals surface area contributed by atoms with Gasteiger partial charge in [0.15, 0.2) is 5.89 Å². The number of aliphatic hydroxyl groups is 1. The lowest BCUT2D eigenvalue weighted by atomic mass is 9.76. The average molecular weight is 315 g/mol. The molecule has 1 unspecified atom stereocenters. The summed E-state index contributed by atoms with van der Waals surface area (Å²) in [7, 11) is 0. The van der Waals surface area contributed by atoms with Crippen LogP contribution in [0.5, 0.6) is 0 Å². The summed E-state index contributed by atoms with van der Waals surface area (Å²) in [5.74, 6) is 0.702. The Kier molecular flexibility index (Phi) is 4.43. The van der Waals surface area contributed by atoms with Gasteiger partial charge in [-0.3, -0.25) is 9.78 Å². The molecule has 0 spiro atoms. The monoisotopic (exact) mass is 315 g/mol. The van der Waals surface area contributed by atoms with Crippen LogP contribution in [0.2, 0.25) is 0 Å². The van der Waals surface area contributed by atoms with E-state index in [-0.39, 0.29) is 29.7 Å². The number of carbonyl (C=O) groups is 1. The fourth-order valence-corrected chi connectivity index (χ4v) is 2.92. The van der Waals surface area contributed by atoms with E-state index >= 15 is 0 Å². The Labute approximate surface area is 135 Å². The lowest BCUT2D eigenvalue weighted by Gasteiger charge is -2.37. The molecule has 0 aromatic carbocycles. The molecular weight excluding hydrogens is 294 g/mol. The number of hydrogen-bond acceptors (Lipinski definition) is 5. The molecule has 1 fully saturated rings. The third-order valence-electron chi connectivity index (χ3n) is 4.26. The van der Waals surface area contributed by atoms with Crippen LogP contribution in [0, 0.1) is 12.8 Å². The zero-order valence-electron chi connectivity index (χ0n) is 13.3. The first kappa shape index (κ1) is 15.7. The van der Waals surface area contributed by atoms with Crippen molar-refractivity contribution >= 4 is 5.91 Å². The summed E-state index contributed by atoms with van der Waals surface area (Å²) in [5.41, 5.74) is 1.39. The molecule has 1 saturated carbocycles. The normalized spacial score (nSPS) is 21.5. The maximum Gasteiger partial charge on any atom is 0.289 e. The summed E-state index contributed by atoms with van der Waals surface area (Å²) in [5, 5.41) is 12.6. The maximum absolute atomic E-state index is 12.6. The molecule has 0 saturated heterocycles. The van der Waals surface area contributed by atoms with E-state index in [0.717, 1.165) is 5.69 Å². The first-order valence-electron chi connectivity index (χ1n) is 7.94. The highest BCUT2D eigenvalue weighted by atomic mass is 16.4. The second-order valence-electron chi connectivity index (χ2n) is 5.97. The number of nitrogens with zero attached hydrogens (tertiary/aromatic N) is 2. The SMILES string of the molecule is CCc1nc(C)c(C(=O)NC(c2ccccn2)C2CC(O)C2)o1. The lowest BCUT2D eigenvalue weighted by Crippen LogP contribution is -2.41. The molecule has 2 heterocycles. The Hall–Kier alpha value is -2.21. The van der Waals surface area contributed by atoms with Gasteiger partial charge in [0.1, 0.15) is 0 Å². The van der Waals surface area contributed by atoms with E-state index in [4.69, 9.17) is 4.42 Å². The van der Waals surface area contributed by atoms with Gasteiger partial charge in [-0.1, -0.05) is 13.0 Å². The van der Waals surface area contributed by atoms with Crippen molar-refractivity contribution in [1.82, 2.24) is 15.3 Å². The van der Waals surface area contributed by atoms with Crippen LogP contribution in [0.25, 0.3) is 0 Å². The van der Waals surface area contributed by atoms with Gasteiger partial charge in [-0.25, -0.2) is 4.98 Å². The molecule has 6 heteroatoms. The van der Waals surface area contributed by atoms with Crippen molar-refractivity contribution in [1.29, 1.82) is 0 Å². The van der Waals surface area contributed by atoms with E-state index in [1.54, 1.807) is 13.1 Å². The molecule has 23 heavy (non-hydrogen) atoms. The number of oxazole rings is 1. The van der Waals surface area contributed by atoms with Crippen molar-refractivity contribution in [2.45, 2.75) is 45.3 Å². The second-order valence-corrected chi connectivity index (χ2v) is 5.97. The molecule has 0 bridgehead atoms. The van der Waals surface area contributed by atoms with Crippen molar-refractivity contribution in [3.05, 3.63) is 47.4 Å². The van der Waals surface area contributed by atoms with Gasteiger partial charge in [-0.05, 0) is 37.8 Å². The van der Waals surface area contributed by atoms with Crippen LogP contribution in [0.1, 0.15) is 53.6 Å². The highest BCUT2D eigenvalue weighted by Crippen LogP contribution is 2.37. The zero-order chi connectivity index (χ0) is 16.4. The van der Waals surface area contributed by atoms with E-state index in [1.165, 1.54) is 0 Å². The summed E-state index contributed by atoms with van der Waals surface area (Å²) >= 11 is 0. The zero-order valence-corrected chi connectivity index (χ0v) is 13.3. The number of nitrogens with one attached hydrogen (secondary N) is 1. The molecule has 122 valence electrons. The first-order valence-corrected chi connectivity index (χ1v) is 7.94. The van der Waals surface area contributed by atoms with Crippen molar-refractivity contribution < 1.29 is 14.3 Å². The molecule has 2 aromatic heterocycles. The fourth-order valence-electron chi connectivity index (χ4n) is 2.92. The minimum Gasteiger partial charge on any atom is -0.435 e. The molecule has 1 amide bonds. The average Bonchev–Trinajstić information content (AvgIpc) is 2.92. The molecule has 6 nitrogen and oxygen atoms in total. The fraction of sp³-hybridized carbons (Fsp3) is 0.471. The Morgan fingerprint density at radius 2 is 2.26 bits per heavy atom. The summed E-state index contributed by atoms with van der Waals surface area (Å²) in [6.45, 7) is 3.69. The number of aryl methyl sites for hydroxylation is 2. The lowest BCUT2D eigenvalue weighted by molar-refractivity contribution is 0.0225. The van der Waals surface area contributed by atoms with E-state index in [2.05, 4.69) is 15.3 Å². The van der Waals surface area contributed by atoms with Crippen LogP contribution in [-0.2, 0) is 6.42 Å². The number of rotatable bonds is 5. The van der Waals surface area contributed by atoms with Gasteiger partial charge < -0.3 is 14.8 Å². The van der Waals surface area contributed by atoms with Crippen LogP contribution in [-0.4, -0.2) is 27.1 Å². The smallest absolute Gasteiger partial charge is 0.289 e. The number of aliphatic hydroxyl groups excluding tert-OH is 1. The van der Waals surface area contributed by atoms with Gasteiger partial charge >= 0.3 is 0 Å². The minimum atomic E-state index is -0.290. The molecule has 2 N–H and O–H groups in total. The number of aromatic nitrogens is 2. The Morgan fingerprint density at radius 1 is 1.48 bits per heavy atom. The third kappa shape index (κ3) is 3.27. The summed E-state index contributed by atoms with van der Waals surface area (Å²) in [4.78, 5) is 21.2. The van der Waals surface area contributed by atoms with Crippen LogP contribution in [0.15, 0.2) is 28.8 Å². The van der Waals surface area contributed by atoms with Gasteiger partial charge in [0, 0.05) is 12.6 Å². The number of pyridine rings is 1. The summed E-state index contributed by atoms with van der Waals surface area (Å²) in [6, 6.07) is 5.39. The van der Waals surface area contributed by atoms with Crippen LogP contribution >= 0.6 is 0 Å². The maximum atomic E-state index is 12.6. The molecule has 1 atom stereocenters. The van der Waals surface area contributed by atoms with E-state index < -0.39 is 0 Å². The molecule has 3 rings (SSSR count). The van der Waals surface area contributed by atoms with Gasteiger partial charge in [0.05, 0.1) is 23.5 Å². The Morgan fingerprint density at radius 3 is 2.83 bits per heavy atom. The summed E-state index contributed by atoms with van der Waals surface area (Å²) < 4.78 is 5.52. The van der Waals surface area contributed by atoms with E-state index in [9.17, 15) is 9.90 Å². The van der Waals surface area contributed by atoms with Gasteiger partial charge in [-0.15, -0.1) is 0 Å². The number of amides is 1. The molecule has 1 aliphatic rings. The molecule has 1 aliphatic carbocycles.